The molecule has 2 aliphatic heterocycles. The number of benzene rings is 1. The molecule has 126 valence electrons. The van der Waals surface area contributed by atoms with Crippen LogP contribution in [0.25, 0.3) is 0 Å². The molecule has 0 bridgehead atoms. The summed E-state index contributed by atoms with van der Waals surface area (Å²) >= 11 is 0. The molecule has 2 heterocycles. The van der Waals surface area contributed by atoms with Crippen molar-refractivity contribution >= 4 is 11.5 Å². The number of nitrogens with zero attached hydrogens (tertiary/aromatic N) is 4. The molecule has 9 nitrogen and oxygen atoms in total. The summed E-state index contributed by atoms with van der Waals surface area (Å²) in [5.74, 6) is -2.26. The van der Waals surface area contributed by atoms with E-state index in [-0.39, 0.29) is 24.2 Å². The number of non-ortho nitro benzene ring substituents is 1. The molecule has 4 rings (SSSR count). The molecule has 1 aliphatic carbocycles. The number of hydrogen-bond donors (Lipinski definition) is 1. The molecule has 0 radical (unpaired) electrons. The van der Waals surface area contributed by atoms with Crippen LogP contribution in [0.3, 0.4) is 0 Å². The zero-order chi connectivity index (χ0) is 18.0. The van der Waals surface area contributed by atoms with Crippen molar-refractivity contribution in [2.75, 3.05) is 6.61 Å². The molecule has 3 aliphatic rings. The molecule has 25 heavy (non-hydrogen) atoms. The van der Waals surface area contributed by atoms with E-state index < -0.39 is 27.6 Å². The third-order valence-corrected chi connectivity index (χ3v) is 5.24. The first-order valence-electron chi connectivity index (χ1n) is 7.63. The third kappa shape index (κ3) is 1.50. The van der Waals surface area contributed by atoms with Crippen LogP contribution in [0, 0.1) is 43.6 Å². The number of nitro groups is 1. The van der Waals surface area contributed by atoms with Crippen molar-refractivity contribution in [2.45, 2.75) is 24.9 Å². The van der Waals surface area contributed by atoms with Crippen LogP contribution in [0.4, 0.5) is 5.69 Å². The topological polar surface area (TPSA) is 148 Å². The van der Waals surface area contributed by atoms with Crippen LogP contribution in [-0.2, 0) is 9.47 Å². The zero-order valence-corrected chi connectivity index (χ0v) is 13.2. The summed E-state index contributed by atoms with van der Waals surface area (Å²) in [6, 6.07) is 10.0. The Labute approximate surface area is 142 Å². The Morgan fingerprint density at radius 1 is 1.36 bits per heavy atom. The lowest BCUT2D eigenvalue weighted by molar-refractivity contribution is -0.384. The van der Waals surface area contributed by atoms with Crippen LogP contribution >= 0.6 is 0 Å². The van der Waals surface area contributed by atoms with Crippen molar-refractivity contribution in [1.29, 1.82) is 10.5 Å². The highest BCUT2D eigenvalue weighted by Gasteiger charge is 2.94. The number of fused-ring (bicyclic) bond motifs is 2. The quantitative estimate of drug-likeness (QED) is 0.628. The average Bonchev–Trinajstić information content (AvgIpc) is 2.99. The predicted molar refractivity (Wildman–Crippen MR) is 82.8 cm³/mol. The lowest BCUT2D eigenvalue weighted by Crippen LogP contribution is -2.39. The Bertz CT molecular complexity index is 901. The van der Waals surface area contributed by atoms with E-state index in [9.17, 15) is 20.6 Å². The van der Waals surface area contributed by atoms with E-state index in [0.29, 0.717) is 5.56 Å². The summed E-state index contributed by atoms with van der Waals surface area (Å²) in [4.78, 5) is 14.5. The number of amidine groups is 1. The van der Waals surface area contributed by atoms with Crippen LogP contribution in [0.5, 0.6) is 0 Å². The van der Waals surface area contributed by atoms with Gasteiger partial charge in [0.1, 0.15) is 11.3 Å². The van der Waals surface area contributed by atoms with Gasteiger partial charge in [-0.25, -0.2) is 4.99 Å². The van der Waals surface area contributed by atoms with Gasteiger partial charge >= 0.3 is 0 Å². The lowest BCUT2D eigenvalue weighted by atomic mass is 9.94. The van der Waals surface area contributed by atoms with Gasteiger partial charge in [0.15, 0.2) is 5.41 Å². The smallest absolute Gasteiger partial charge is 0.293 e. The van der Waals surface area contributed by atoms with Gasteiger partial charge < -0.3 is 15.2 Å². The van der Waals surface area contributed by atoms with E-state index >= 15 is 0 Å². The Hall–Kier alpha value is -3.01. The minimum atomic E-state index is -1.62. The Kier molecular flexibility index (Phi) is 2.82. The van der Waals surface area contributed by atoms with Gasteiger partial charge in [-0.05, 0) is 12.5 Å². The standard InChI is InChI=1S/C16H13N5O4/c1-9-6-24-16(25-9)15(8-18)12(14(15,7-17)13(19)20-16)10-2-4-11(5-3-10)21(22)23/h2-5,9,12H,6H2,1H3,(H2,19,20). The number of rotatable bonds is 2. The SMILES string of the molecule is CC1COC2(N=C(N)C3(C#N)C(c4ccc([N+](=O)[O-])cc4)C23C#N)O1. The number of nitrogens with two attached hydrogens (primary N) is 1. The largest absolute Gasteiger partial charge is 0.386 e. The minimum absolute atomic E-state index is 0.00555. The van der Waals surface area contributed by atoms with E-state index in [1.807, 2.05) is 0 Å². The molecule has 1 aromatic rings. The first kappa shape index (κ1) is 15.5. The van der Waals surface area contributed by atoms with Crippen molar-refractivity contribution in [3.63, 3.8) is 0 Å². The number of aliphatic imine (C=N–C) groups is 1. The molecule has 2 fully saturated rings. The molecule has 1 saturated carbocycles. The maximum Gasteiger partial charge on any atom is 0.293 e. The second-order valence-corrected chi connectivity index (χ2v) is 6.44. The highest BCUT2D eigenvalue weighted by molar-refractivity contribution is 6.00. The Morgan fingerprint density at radius 3 is 2.52 bits per heavy atom. The second-order valence-electron chi connectivity index (χ2n) is 6.44. The fourth-order valence-corrected chi connectivity index (χ4v) is 4.15. The Balaban J connectivity index is 1.85. The van der Waals surface area contributed by atoms with E-state index in [1.165, 1.54) is 24.3 Å². The summed E-state index contributed by atoms with van der Waals surface area (Å²) in [7, 11) is 0. The fourth-order valence-electron chi connectivity index (χ4n) is 4.15. The molecule has 0 aromatic heterocycles. The van der Waals surface area contributed by atoms with Gasteiger partial charge in [0.2, 0.25) is 0 Å². The molecule has 2 N–H and O–H groups in total. The first-order chi connectivity index (χ1) is 11.9. The maximum atomic E-state index is 10.8. The molecule has 5 atom stereocenters. The van der Waals surface area contributed by atoms with Crippen LogP contribution in [0.2, 0.25) is 0 Å². The molecule has 0 amide bonds. The zero-order valence-electron chi connectivity index (χ0n) is 13.2. The summed E-state index contributed by atoms with van der Waals surface area (Å²) in [6.07, 6.45) is -0.297. The Morgan fingerprint density at radius 2 is 2.04 bits per heavy atom. The van der Waals surface area contributed by atoms with Gasteiger partial charge in [-0.1, -0.05) is 12.1 Å². The van der Waals surface area contributed by atoms with Crippen LogP contribution in [0.15, 0.2) is 29.3 Å². The molecular formula is C16H13N5O4. The first-order valence-corrected chi connectivity index (χ1v) is 7.63. The van der Waals surface area contributed by atoms with Crippen molar-refractivity contribution in [3.05, 3.63) is 39.9 Å². The molecular weight excluding hydrogens is 326 g/mol. The third-order valence-electron chi connectivity index (χ3n) is 5.24. The average molecular weight is 339 g/mol. The summed E-state index contributed by atoms with van der Waals surface area (Å²) in [6.45, 7) is 2.01. The van der Waals surface area contributed by atoms with Crippen molar-refractivity contribution in [3.8, 4) is 12.1 Å². The number of nitro benzene ring substituents is 1. The van der Waals surface area contributed by atoms with Gasteiger partial charge in [-0.2, -0.15) is 10.5 Å². The van der Waals surface area contributed by atoms with Crippen LogP contribution in [0.1, 0.15) is 18.4 Å². The predicted octanol–water partition coefficient (Wildman–Crippen LogP) is 1.17. The molecule has 1 aromatic carbocycles. The van der Waals surface area contributed by atoms with Gasteiger partial charge in [0.05, 0.1) is 29.8 Å². The second kappa shape index (κ2) is 4.54. The fraction of sp³-hybridized carbons (Fsp3) is 0.438. The molecule has 1 spiro atoms. The van der Waals surface area contributed by atoms with Crippen LogP contribution in [-0.4, -0.2) is 29.4 Å². The van der Waals surface area contributed by atoms with E-state index in [0.717, 1.165) is 0 Å². The van der Waals surface area contributed by atoms with E-state index in [1.54, 1.807) is 6.92 Å². The molecule has 5 unspecified atom stereocenters. The van der Waals surface area contributed by atoms with Crippen molar-refractivity contribution in [2.24, 2.45) is 21.6 Å². The number of ether oxygens (including phenoxy) is 2. The van der Waals surface area contributed by atoms with Gasteiger partial charge in [-0.3, -0.25) is 10.1 Å². The summed E-state index contributed by atoms with van der Waals surface area (Å²) < 4.78 is 11.5. The highest BCUT2D eigenvalue weighted by atomic mass is 16.8. The van der Waals surface area contributed by atoms with Crippen LogP contribution < -0.4 is 5.73 Å². The van der Waals surface area contributed by atoms with Gasteiger partial charge in [0.25, 0.3) is 11.6 Å². The maximum absolute atomic E-state index is 10.8. The van der Waals surface area contributed by atoms with Crippen molar-refractivity contribution < 1.29 is 14.4 Å². The van der Waals surface area contributed by atoms with Gasteiger partial charge in [-0.15, -0.1) is 0 Å². The molecule has 9 heteroatoms. The minimum Gasteiger partial charge on any atom is -0.386 e. The van der Waals surface area contributed by atoms with Gasteiger partial charge in [0, 0.05) is 18.1 Å². The number of nitriles is 2. The van der Waals surface area contributed by atoms with E-state index in [2.05, 4.69) is 17.1 Å². The normalized spacial score (nSPS) is 40.8. The summed E-state index contributed by atoms with van der Waals surface area (Å²) in [5, 5.41) is 30.7. The lowest BCUT2D eigenvalue weighted by Gasteiger charge is -2.26. The highest BCUT2D eigenvalue weighted by Crippen LogP contribution is 2.82. The summed E-state index contributed by atoms with van der Waals surface area (Å²) in [5.41, 5.74) is 3.75. The van der Waals surface area contributed by atoms with E-state index in [4.69, 9.17) is 15.2 Å². The van der Waals surface area contributed by atoms with Crippen molar-refractivity contribution in [1.82, 2.24) is 0 Å². The monoisotopic (exact) mass is 339 g/mol. The number of hydrogen-bond acceptors (Lipinski definition) is 8. The molecule has 1 saturated heterocycles.